The van der Waals surface area contributed by atoms with Crippen molar-refractivity contribution < 1.29 is 19.3 Å². The molecule has 2 rings (SSSR count). The number of piperazine rings is 1. The summed E-state index contributed by atoms with van der Waals surface area (Å²) in [6.07, 6.45) is 0. The molecular formula is C21H33N4O3S+. The lowest BCUT2D eigenvalue weighted by atomic mass is 10.1. The minimum atomic E-state index is -0.232. The molecular weight excluding hydrogens is 388 g/mol. The second-order valence-corrected chi connectivity index (χ2v) is 9.51. The van der Waals surface area contributed by atoms with Crippen LogP contribution in [-0.4, -0.2) is 85.1 Å². The smallest absolute Gasteiger partial charge is 0.275 e. The fourth-order valence-electron chi connectivity index (χ4n) is 3.10. The number of nitrogens with one attached hydrogen (secondary N) is 2. The molecule has 29 heavy (non-hydrogen) atoms. The summed E-state index contributed by atoms with van der Waals surface area (Å²) in [5.41, 5.74) is -0.232. The number of thioether (sulfide) groups is 1. The molecule has 2 N–H and O–H groups in total. The zero-order chi connectivity index (χ0) is 21.4. The van der Waals surface area contributed by atoms with Crippen LogP contribution in [-0.2, 0) is 14.4 Å². The van der Waals surface area contributed by atoms with E-state index in [0.717, 1.165) is 18.0 Å². The lowest BCUT2D eigenvalue weighted by Crippen LogP contribution is -3.16. The van der Waals surface area contributed by atoms with Crippen molar-refractivity contribution in [2.24, 2.45) is 0 Å². The first kappa shape index (κ1) is 23.2. The van der Waals surface area contributed by atoms with Crippen LogP contribution in [0.25, 0.3) is 0 Å². The molecule has 3 amide bonds. The van der Waals surface area contributed by atoms with Gasteiger partial charge in [-0.2, -0.15) is 0 Å². The van der Waals surface area contributed by atoms with E-state index in [4.69, 9.17) is 0 Å². The number of carbonyl (C=O) groups is 3. The Bertz CT molecular complexity index is 698. The molecule has 0 aliphatic carbocycles. The molecule has 1 aromatic rings. The minimum absolute atomic E-state index is 0.0357. The number of quaternary nitrogens is 1. The van der Waals surface area contributed by atoms with Crippen LogP contribution in [0.2, 0.25) is 0 Å². The van der Waals surface area contributed by atoms with E-state index in [9.17, 15) is 14.4 Å². The number of likely N-dealkylation sites (N-methyl/N-ethyl adjacent to an activating group) is 1. The van der Waals surface area contributed by atoms with Gasteiger partial charge in [0, 0.05) is 17.5 Å². The summed E-state index contributed by atoms with van der Waals surface area (Å²) >= 11 is 1.47. The van der Waals surface area contributed by atoms with Gasteiger partial charge < -0.3 is 20.0 Å². The quantitative estimate of drug-likeness (QED) is 0.602. The van der Waals surface area contributed by atoms with Gasteiger partial charge in [-0.1, -0.05) is 18.2 Å². The first-order valence-electron chi connectivity index (χ1n) is 9.98. The molecule has 0 bridgehead atoms. The molecule has 1 aromatic carbocycles. The van der Waals surface area contributed by atoms with E-state index in [1.54, 1.807) is 11.9 Å². The van der Waals surface area contributed by atoms with Gasteiger partial charge in [0.05, 0.1) is 38.5 Å². The Balaban J connectivity index is 1.70. The largest absolute Gasteiger partial charge is 0.347 e. The predicted octanol–water partition coefficient (Wildman–Crippen LogP) is -0.121. The highest BCUT2D eigenvalue weighted by Gasteiger charge is 2.27. The summed E-state index contributed by atoms with van der Waals surface area (Å²) < 4.78 is 0. The molecule has 0 aromatic heterocycles. The van der Waals surface area contributed by atoms with E-state index < -0.39 is 0 Å². The maximum atomic E-state index is 12.5. The maximum Gasteiger partial charge on any atom is 0.275 e. The monoisotopic (exact) mass is 421 g/mol. The molecule has 1 aliphatic rings. The Morgan fingerprint density at radius 2 is 1.76 bits per heavy atom. The summed E-state index contributed by atoms with van der Waals surface area (Å²) in [5.74, 6) is 0.252. The Kier molecular flexibility index (Phi) is 8.52. The van der Waals surface area contributed by atoms with Gasteiger partial charge in [-0.25, -0.2) is 0 Å². The van der Waals surface area contributed by atoms with Crippen molar-refractivity contribution in [3.05, 3.63) is 30.3 Å². The summed E-state index contributed by atoms with van der Waals surface area (Å²) in [6.45, 7) is 9.11. The van der Waals surface area contributed by atoms with E-state index in [1.165, 1.54) is 21.6 Å². The fourth-order valence-corrected chi connectivity index (χ4v) is 3.96. The molecule has 0 unspecified atom stereocenters. The molecule has 160 valence electrons. The fraction of sp³-hybridized carbons (Fsp3) is 0.571. The molecule has 0 atom stereocenters. The van der Waals surface area contributed by atoms with Crippen molar-refractivity contribution in [2.45, 2.75) is 31.2 Å². The standard InChI is InChI=1S/C21H32N4O3S/c1-21(2,3)22-18(26)14-24-10-12-25(13-11-24)19(27)15-23(4)20(28)16-29-17-8-6-5-7-9-17/h5-9H,10-16H2,1-4H3,(H,22,26)/p+1. The normalized spacial score (nSPS) is 15.1. The summed E-state index contributed by atoms with van der Waals surface area (Å²) in [5, 5.41) is 2.98. The Morgan fingerprint density at radius 3 is 2.34 bits per heavy atom. The Morgan fingerprint density at radius 1 is 1.14 bits per heavy atom. The van der Waals surface area contributed by atoms with Crippen molar-refractivity contribution in [3.63, 3.8) is 0 Å². The first-order valence-corrected chi connectivity index (χ1v) is 11.0. The van der Waals surface area contributed by atoms with Crippen molar-refractivity contribution in [1.29, 1.82) is 0 Å². The molecule has 1 heterocycles. The lowest BCUT2D eigenvalue weighted by molar-refractivity contribution is -0.896. The second-order valence-electron chi connectivity index (χ2n) is 8.46. The highest BCUT2D eigenvalue weighted by Crippen LogP contribution is 2.17. The third-order valence-electron chi connectivity index (χ3n) is 4.65. The van der Waals surface area contributed by atoms with Gasteiger partial charge in [0.15, 0.2) is 6.54 Å². The Labute approximate surface area is 177 Å². The van der Waals surface area contributed by atoms with E-state index >= 15 is 0 Å². The Hall–Kier alpha value is -2.06. The molecule has 7 nitrogen and oxygen atoms in total. The van der Waals surface area contributed by atoms with Crippen molar-refractivity contribution in [3.8, 4) is 0 Å². The number of rotatable bonds is 7. The lowest BCUT2D eigenvalue weighted by Gasteiger charge is -2.33. The maximum absolute atomic E-state index is 12.5. The van der Waals surface area contributed by atoms with E-state index in [0.29, 0.717) is 25.4 Å². The van der Waals surface area contributed by atoms with E-state index in [1.807, 2.05) is 51.1 Å². The minimum Gasteiger partial charge on any atom is -0.347 e. The van der Waals surface area contributed by atoms with Gasteiger partial charge in [0.25, 0.3) is 5.91 Å². The van der Waals surface area contributed by atoms with Gasteiger partial charge in [-0.05, 0) is 32.9 Å². The summed E-state index contributed by atoms with van der Waals surface area (Å²) in [4.78, 5) is 42.4. The van der Waals surface area contributed by atoms with Crippen LogP contribution in [0.3, 0.4) is 0 Å². The number of hydrogen-bond acceptors (Lipinski definition) is 4. The van der Waals surface area contributed by atoms with Crippen molar-refractivity contribution in [2.75, 3.05) is 52.1 Å². The second kappa shape index (κ2) is 10.6. The number of benzene rings is 1. The number of amides is 3. The number of carbonyl (C=O) groups excluding carboxylic acids is 3. The molecule has 0 spiro atoms. The van der Waals surface area contributed by atoms with Crippen molar-refractivity contribution in [1.82, 2.24) is 15.1 Å². The average Bonchev–Trinajstić information content (AvgIpc) is 2.65. The van der Waals surface area contributed by atoms with Crippen LogP contribution in [0.15, 0.2) is 35.2 Å². The molecule has 0 saturated carbocycles. The highest BCUT2D eigenvalue weighted by molar-refractivity contribution is 8.00. The van der Waals surface area contributed by atoms with Gasteiger partial charge in [-0.3, -0.25) is 14.4 Å². The van der Waals surface area contributed by atoms with Gasteiger partial charge >= 0.3 is 0 Å². The van der Waals surface area contributed by atoms with Crippen LogP contribution in [0, 0.1) is 0 Å². The summed E-state index contributed by atoms with van der Waals surface area (Å²) in [7, 11) is 1.67. The van der Waals surface area contributed by atoms with Crippen LogP contribution >= 0.6 is 11.8 Å². The molecule has 0 radical (unpaired) electrons. The van der Waals surface area contributed by atoms with Crippen LogP contribution in [0.5, 0.6) is 0 Å². The number of nitrogens with zero attached hydrogens (tertiary/aromatic N) is 2. The molecule has 1 fully saturated rings. The predicted molar refractivity (Wildman–Crippen MR) is 115 cm³/mol. The van der Waals surface area contributed by atoms with E-state index in [2.05, 4.69) is 5.32 Å². The van der Waals surface area contributed by atoms with Crippen LogP contribution in [0.4, 0.5) is 0 Å². The zero-order valence-electron chi connectivity index (χ0n) is 17.9. The number of hydrogen-bond donors (Lipinski definition) is 2. The average molecular weight is 422 g/mol. The zero-order valence-corrected chi connectivity index (χ0v) is 18.7. The van der Waals surface area contributed by atoms with Crippen LogP contribution in [0.1, 0.15) is 20.8 Å². The first-order chi connectivity index (χ1) is 13.6. The SMILES string of the molecule is CN(CC(=O)N1CC[NH+](CC(=O)NC(C)(C)C)CC1)C(=O)CSc1ccccc1. The van der Waals surface area contributed by atoms with Gasteiger partial charge in [-0.15, -0.1) is 11.8 Å². The van der Waals surface area contributed by atoms with Gasteiger partial charge in [0.1, 0.15) is 0 Å². The molecule has 1 saturated heterocycles. The van der Waals surface area contributed by atoms with Crippen molar-refractivity contribution >= 4 is 29.5 Å². The van der Waals surface area contributed by atoms with Gasteiger partial charge in [0.2, 0.25) is 11.8 Å². The third kappa shape index (κ3) is 8.45. The topological polar surface area (TPSA) is 74.2 Å². The van der Waals surface area contributed by atoms with Crippen LogP contribution < -0.4 is 10.2 Å². The molecule has 1 aliphatic heterocycles. The highest BCUT2D eigenvalue weighted by atomic mass is 32.2. The third-order valence-corrected chi connectivity index (χ3v) is 5.65. The molecule has 8 heteroatoms. The van der Waals surface area contributed by atoms with E-state index in [-0.39, 0.29) is 29.8 Å². The summed E-state index contributed by atoms with van der Waals surface area (Å²) in [6, 6.07) is 9.75.